The highest BCUT2D eigenvalue weighted by Crippen LogP contribution is 2.40. The van der Waals surface area contributed by atoms with E-state index >= 15 is 0 Å². The molecule has 1 aromatic heterocycles. The lowest BCUT2D eigenvalue weighted by Gasteiger charge is -2.12. The maximum Gasteiger partial charge on any atom is 0.0433 e. The molecular weight excluding hydrogens is 298 g/mol. The van der Waals surface area contributed by atoms with Gasteiger partial charge in [0.25, 0.3) is 0 Å². The third kappa shape index (κ3) is 2.02. The highest BCUT2D eigenvalue weighted by molar-refractivity contribution is 7.26. The van der Waals surface area contributed by atoms with Crippen molar-refractivity contribution >= 4 is 37.7 Å². The minimum absolute atomic E-state index is 0.906. The first-order chi connectivity index (χ1) is 11.4. The fraction of sp³-hybridized carbons (Fsp3) is 0.0952. The highest BCUT2D eigenvalue weighted by atomic mass is 32.1. The minimum Gasteiger partial charge on any atom is -0.292 e. The van der Waals surface area contributed by atoms with Gasteiger partial charge in [-0.2, -0.15) is 0 Å². The van der Waals surface area contributed by atoms with Gasteiger partial charge in [0.15, 0.2) is 0 Å². The monoisotopic (exact) mass is 313 g/mol. The average molecular weight is 313 g/mol. The van der Waals surface area contributed by atoms with Crippen LogP contribution in [-0.4, -0.2) is 12.8 Å². The molecule has 2 heterocycles. The van der Waals surface area contributed by atoms with E-state index in [2.05, 4.69) is 65.7 Å². The van der Waals surface area contributed by atoms with Crippen LogP contribution in [0.25, 0.3) is 31.3 Å². The summed E-state index contributed by atoms with van der Waals surface area (Å²) in [6.45, 7) is 0.906. The third-order valence-corrected chi connectivity index (χ3v) is 5.82. The summed E-state index contributed by atoms with van der Waals surface area (Å²) in [5.41, 5.74) is 5.34. The van der Waals surface area contributed by atoms with E-state index in [9.17, 15) is 0 Å². The molecular formula is C21H15NS. The standard InChI is InChI=1S/C21H15NS/c1-2-7-20-18(4-1)19-6-3-5-17(21(19)23-20)15-8-9-16-13-22-11-10-14(16)12-15/h1-9,12-13H,10-11H2. The molecule has 0 N–H and O–H groups in total. The molecule has 1 aliphatic rings. The number of nitrogens with zero attached hydrogens (tertiary/aromatic N) is 1. The molecule has 0 spiro atoms. The number of hydrogen-bond donors (Lipinski definition) is 0. The molecule has 0 atom stereocenters. The van der Waals surface area contributed by atoms with Crippen LogP contribution in [0.15, 0.2) is 65.7 Å². The van der Waals surface area contributed by atoms with Gasteiger partial charge in [0.1, 0.15) is 0 Å². The lowest BCUT2D eigenvalue weighted by Crippen LogP contribution is -2.02. The first kappa shape index (κ1) is 13.0. The zero-order valence-corrected chi connectivity index (χ0v) is 13.4. The molecule has 4 aromatic rings. The molecule has 0 saturated carbocycles. The summed E-state index contributed by atoms with van der Waals surface area (Å²) >= 11 is 1.89. The van der Waals surface area contributed by atoms with Crippen molar-refractivity contribution < 1.29 is 0 Å². The fourth-order valence-electron chi connectivity index (χ4n) is 3.44. The van der Waals surface area contributed by atoms with Crippen molar-refractivity contribution in [2.45, 2.75) is 6.42 Å². The summed E-state index contributed by atoms with van der Waals surface area (Å²) in [4.78, 5) is 4.38. The SMILES string of the molecule is C1=NCCc2cc(-c3cccc4c3sc3ccccc34)ccc21. The van der Waals surface area contributed by atoms with Crippen LogP contribution in [0, 0.1) is 0 Å². The molecule has 0 saturated heterocycles. The molecule has 0 amide bonds. The lowest BCUT2D eigenvalue weighted by atomic mass is 9.96. The summed E-state index contributed by atoms with van der Waals surface area (Å²) in [5, 5.41) is 2.72. The average Bonchev–Trinajstić information content (AvgIpc) is 3.00. The zero-order valence-electron chi connectivity index (χ0n) is 12.6. The smallest absolute Gasteiger partial charge is 0.0433 e. The molecule has 110 valence electrons. The predicted molar refractivity (Wildman–Crippen MR) is 101 cm³/mol. The van der Waals surface area contributed by atoms with Crippen molar-refractivity contribution in [2.24, 2.45) is 4.99 Å². The van der Waals surface area contributed by atoms with Gasteiger partial charge in [0.05, 0.1) is 0 Å². The molecule has 2 heteroatoms. The van der Waals surface area contributed by atoms with Crippen molar-refractivity contribution in [1.29, 1.82) is 0 Å². The lowest BCUT2D eigenvalue weighted by molar-refractivity contribution is 0.953. The fourth-order valence-corrected chi connectivity index (χ4v) is 4.68. The normalized spacial score (nSPS) is 13.6. The third-order valence-electron chi connectivity index (χ3n) is 4.60. The molecule has 0 fully saturated rings. The van der Waals surface area contributed by atoms with Crippen LogP contribution < -0.4 is 0 Å². The Morgan fingerprint density at radius 2 is 1.78 bits per heavy atom. The molecule has 0 radical (unpaired) electrons. The molecule has 3 aromatic carbocycles. The van der Waals surface area contributed by atoms with Crippen molar-refractivity contribution in [3.05, 3.63) is 71.8 Å². The van der Waals surface area contributed by atoms with Crippen molar-refractivity contribution in [2.75, 3.05) is 6.54 Å². The Balaban J connectivity index is 1.78. The van der Waals surface area contributed by atoms with Crippen LogP contribution in [0.3, 0.4) is 0 Å². The number of aliphatic imine (C=N–C) groups is 1. The van der Waals surface area contributed by atoms with Gasteiger partial charge >= 0.3 is 0 Å². The Kier molecular flexibility index (Phi) is 2.85. The second kappa shape index (κ2) is 5.04. The maximum absolute atomic E-state index is 4.38. The molecule has 1 nitrogen and oxygen atoms in total. The summed E-state index contributed by atoms with van der Waals surface area (Å²) in [6, 6.07) is 22.1. The van der Waals surface area contributed by atoms with Crippen LogP contribution in [0.1, 0.15) is 11.1 Å². The van der Waals surface area contributed by atoms with Crippen molar-refractivity contribution in [3.63, 3.8) is 0 Å². The van der Waals surface area contributed by atoms with E-state index in [1.165, 1.54) is 42.4 Å². The van der Waals surface area contributed by atoms with E-state index < -0.39 is 0 Å². The topological polar surface area (TPSA) is 12.4 Å². The van der Waals surface area contributed by atoms with Crippen molar-refractivity contribution in [3.8, 4) is 11.1 Å². The molecule has 0 unspecified atom stereocenters. The second-order valence-corrected chi connectivity index (χ2v) is 7.03. The summed E-state index contributed by atoms with van der Waals surface area (Å²) in [7, 11) is 0. The first-order valence-corrected chi connectivity index (χ1v) is 8.75. The maximum atomic E-state index is 4.38. The van der Waals surface area contributed by atoms with Gasteiger partial charge in [-0.25, -0.2) is 0 Å². The Bertz CT molecular complexity index is 1070. The highest BCUT2D eigenvalue weighted by Gasteiger charge is 2.12. The Hall–Kier alpha value is -2.45. The largest absolute Gasteiger partial charge is 0.292 e. The van der Waals surface area contributed by atoms with E-state index in [1.54, 1.807) is 0 Å². The van der Waals surface area contributed by atoms with E-state index in [0.29, 0.717) is 0 Å². The van der Waals surface area contributed by atoms with Crippen molar-refractivity contribution in [1.82, 2.24) is 0 Å². The van der Waals surface area contributed by atoms with E-state index in [4.69, 9.17) is 0 Å². The Morgan fingerprint density at radius 3 is 2.78 bits per heavy atom. The summed E-state index contributed by atoms with van der Waals surface area (Å²) < 4.78 is 2.75. The number of fused-ring (bicyclic) bond motifs is 4. The summed E-state index contributed by atoms with van der Waals surface area (Å²) in [6.07, 6.45) is 3.05. The van der Waals surface area contributed by atoms with Gasteiger partial charge in [-0.1, -0.05) is 54.6 Å². The molecule has 5 rings (SSSR count). The first-order valence-electron chi connectivity index (χ1n) is 7.93. The van der Waals surface area contributed by atoms with Crippen LogP contribution in [0.4, 0.5) is 0 Å². The van der Waals surface area contributed by atoms with Crippen LogP contribution in [0.2, 0.25) is 0 Å². The summed E-state index contributed by atoms with van der Waals surface area (Å²) in [5.74, 6) is 0. The van der Waals surface area contributed by atoms with E-state index in [0.717, 1.165) is 13.0 Å². The van der Waals surface area contributed by atoms with Crippen LogP contribution >= 0.6 is 11.3 Å². The van der Waals surface area contributed by atoms with Gasteiger partial charge in [-0.05, 0) is 34.7 Å². The second-order valence-electron chi connectivity index (χ2n) is 5.98. The molecule has 0 bridgehead atoms. The van der Waals surface area contributed by atoms with Gasteiger partial charge in [0, 0.05) is 32.9 Å². The Labute approximate surface area is 138 Å². The Morgan fingerprint density at radius 1 is 0.870 bits per heavy atom. The molecule has 0 aliphatic carbocycles. The van der Waals surface area contributed by atoms with E-state index in [1.807, 2.05) is 17.6 Å². The van der Waals surface area contributed by atoms with E-state index in [-0.39, 0.29) is 0 Å². The van der Waals surface area contributed by atoms with Gasteiger partial charge < -0.3 is 0 Å². The number of rotatable bonds is 1. The number of benzene rings is 3. The van der Waals surface area contributed by atoms with Crippen LogP contribution in [0.5, 0.6) is 0 Å². The number of thiophene rings is 1. The predicted octanol–water partition coefficient (Wildman–Crippen LogP) is 5.70. The van der Waals surface area contributed by atoms with Gasteiger partial charge in [0.2, 0.25) is 0 Å². The van der Waals surface area contributed by atoms with Gasteiger partial charge in [-0.3, -0.25) is 4.99 Å². The van der Waals surface area contributed by atoms with Gasteiger partial charge in [-0.15, -0.1) is 11.3 Å². The number of hydrogen-bond acceptors (Lipinski definition) is 2. The minimum atomic E-state index is 0.906. The zero-order chi connectivity index (χ0) is 15.2. The molecule has 23 heavy (non-hydrogen) atoms. The quantitative estimate of drug-likeness (QED) is 0.427. The van der Waals surface area contributed by atoms with Crippen LogP contribution in [-0.2, 0) is 6.42 Å². The molecule has 1 aliphatic heterocycles.